The Balaban J connectivity index is 1.71. The third kappa shape index (κ3) is 3.09. The van der Waals surface area contributed by atoms with E-state index in [0.29, 0.717) is 19.1 Å². The van der Waals surface area contributed by atoms with Gasteiger partial charge in [-0.3, -0.25) is 4.79 Å². The quantitative estimate of drug-likeness (QED) is 0.544. The van der Waals surface area contributed by atoms with E-state index in [1.54, 1.807) is 6.08 Å². The Hall–Kier alpha value is -0.830. The third-order valence-corrected chi connectivity index (χ3v) is 4.40. The zero-order chi connectivity index (χ0) is 12.3. The summed E-state index contributed by atoms with van der Waals surface area (Å²) in [5, 5.41) is 6.16. The molecule has 4 atom stereocenters. The van der Waals surface area contributed by atoms with Crippen LogP contribution in [-0.4, -0.2) is 25.0 Å². The first-order valence-corrected chi connectivity index (χ1v) is 6.81. The summed E-state index contributed by atoms with van der Waals surface area (Å²) in [4.78, 5) is 11.7. The van der Waals surface area contributed by atoms with Crippen LogP contribution in [0.25, 0.3) is 0 Å². The Morgan fingerprint density at radius 1 is 1.47 bits per heavy atom. The first-order chi connectivity index (χ1) is 8.20. The highest BCUT2D eigenvalue weighted by atomic mass is 16.1. The average molecular weight is 236 g/mol. The van der Waals surface area contributed by atoms with E-state index in [1.807, 2.05) is 0 Å². The summed E-state index contributed by atoms with van der Waals surface area (Å²) in [7, 11) is 0. The van der Waals surface area contributed by atoms with Crippen LogP contribution in [0.3, 0.4) is 0 Å². The average Bonchev–Trinajstić information content (AvgIpc) is 2.91. The van der Waals surface area contributed by atoms with E-state index < -0.39 is 0 Å². The first kappa shape index (κ1) is 12.6. The van der Waals surface area contributed by atoms with Crippen molar-refractivity contribution >= 4 is 5.91 Å². The van der Waals surface area contributed by atoms with Gasteiger partial charge >= 0.3 is 0 Å². The van der Waals surface area contributed by atoms with E-state index in [1.165, 1.54) is 25.7 Å². The van der Waals surface area contributed by atoms with Crippen molar-refractivity contribution < 1.29 is 4.79 Å². The van der Waals surface area contributed by atoms with Gasteiger partial charge in [0.05, 0.1) is 6.54 Å². The molecule has 1 amide bonds. The molecular weight excluding hydrogens is 212 g/mol. The van der Waals surface area contributed by atoms with Crippen molar-refractivity contribution in [2.24, 2.45) is 17.8 Å². The van der Waals surface area contributed by atoms with Crippen LogP contribution in [-0.2, 0) is 4.79 Å². The number of hydrogen-bond acceptors (Lipinski definition) is 2. The van der Waals surface area contributed by atoms with Crippen LogP contribution in [0.15, 0.2) is 12.7 Å². The molecule has 2 saturated carbocycles. The van der Waals surface area contributed by atoms with E-state index in [9.17, 15) is 4.79 Å². The Bertz CT molecular complexity index is 290. The molecule has 0 heterocycles. The molecule has 0 aliphatic heterocycles. The highest BCUT2D eigenvalue weighted by molar-refractivity contribution is 5.78. The second kappa shape index (κ2) is 5.67. The lowest BCUT2D eigenvalue weighted by Crippen LogP contribution is -2.43. The molecule has 0 spiro atoms. The fraction of sp³-hybridized carbons (Fsp3) is 0.786. The second-order valence-corrected chi connectivity index (χ2v) is 5.61. The standard InChI is InChI=1S/C14H24N2O/c1-3-6-15-9-14(17)16-10(2)13-8-11-4-5-12(13)7-11/h3,10-13,15H,1,4-9H2,2H3,(H,16,17)/t10-,11-,12-,13-/m1/s1. The predicted molar refractivity (Wildman–Crippen MR) is 69.6 cm³/mol. The Morgan fingerprint density at radius 3 is 2.88 bits per heavy atom. The smallest absolute Gasteiger partial charge is 0.234 e. The van der Waals surface area contributed by atoms with Crippen molar-refractivity contribution in [3.63, 3.8) is 0 Å². The highest BCUT2D eigenvalue weighted by Gasteiger charge is 2.41. The Kier molecular flexibility index (Phi) is 4.21. The van der Waals surface area contributed by atoms with E-state index in [4.69, 9.17) is 0 Å². The largest absolute Gasteiger partial charge is 0.352 e. The summed E-state index contributed by atoms with van der Waals surface area (Å²) in [5.41, 5.74) is 0. The maximum atomic E-state index is 11.7. The molecule has 0 saturated heterocycles. The molecular formula is C14H24N2O. The molecule has 0 aromatic rings. The number of hydrogen-bond donors (Lipinski definition) is 2. The summed E-state index contributed by atoms with van der Waals surface area (Å²) in [6.45, 7) is 6.87. The molecule has 2 rings (SSSR count). The molecule has 0 unspecified atom stereocenters. The minimum absolute atomic E-state index is 0.113. The molecule has 2 fully saturated rings. The minimum atomic E-state index is 0.113. The van der Waals surface area contributed by atoms with Crippen molar-refractivity contribution in [1.82, 2.24) is 10.6 Å². The van der Waals surface area contributed by atoms with Crippen molar-refractivity contribution in [3.8, 4) is 0 Å². The number of nitrogens with one attached hydrogen (secondary N) is 2. The number of carbonyl (C=O) groups is 1. The Morgan fingerprint density at radius 2 is 2.29 bits per heavy atom. The highest BCUT2D eigenvalue weighted by Crippen LogP contribution is 2.49. The summed E-state index contributed by atoms with van der Waals surface area (Å²) < 4.78 is 0. The van der Waals surface area contributed by atoms with Gasteiger partial charge in [0.15, 0.2) is 0 Å². The van der Waals surface area contributed by atoms with Gasteiger partial charge in [-0.05, 0) is 43.9 Å². The maximum Gasteiger partial charge on any atom is 0.234 e. The number of carbonyl (C=O) groups excluding carboxylic acids is 1. The summed E-state index contributed by atoms with van der Waals surface area (Å²) in [5.74, 6) is 2.65. The van der Waals surface area contributed by atoms with Gasteiger partial charge in [-0.25, -0.2) is 0 Å². The van der Waals surface area contributed by atoms with E-state index >= 15 is 0 Å². The van der Waals surface area contributed by atoms with Gasteiger partial charge in [-0.15, -0.1) is 6.58 Å². The third-order valence-electron chi connectivity index (χ3n) is 4.40. The Labute approximate surface area is 104 Å². The van der Waals surface area contributed by atoms with Crippen LogP contribution in [0.4, 0.5) is 0 Å². The van der Waals surface area contributed by atoms with Crippen LogP contribution in [0.1, 0.15) is 32.6 Å². The van der Waals surface area contributed by atoms with Gasteiger partial charge in [0, 0.05) is 12.6 Å². The summed E-state index contributed by atoms with van der Waals surface area (Å²) >= 11 is 0. The molecule has 2 aliphatic carbocycles. The fourth-order valence-electron chi connectivity index (χ4n) is 3.61. The van der Waals surface area contributed by atoms with Gasteiger partial charge < -0.3 is 10.6 Å². The van der Waals surface area contributed by atoms with Gasteiger partial charge in [-0.2, -0.15) is 0 Å². The van der Waals surface area contributed by atoms with Gasteiger partial charge in [-0.1, -0.05) is 12.5 Å². The maximum absolute atomic E-state index is 11.7. The van der Waals surface area contributed by atoms with E-state index in [2.05, 4.69) is 24.1 Å². The SMILES string of the molecule is C=CCNCC(=O)N[C@H](C)[C@H]1C[C@@H]2CC[C@@H]1C2. The molecule has 0 aromatic heterocycles. The van der Waals surface area contributed by atoms with Crippen LogP contribution in [0.5, 0.6) is 0 Å². The van der Waals surface area contributed by atoms with Crippen LogP contribution in [0.2, 0.25) is 0 Å². The molecule has 0 aromatic carbocycles. The zero-order valence-corrected chi connectivity index (χ0v) is 10.7. The van der Waals surface area contributed by atoms with Crippen LogP contribution in [0, 0.1) is 17.8 Å². The molecule has 96 valence electrons. The molecule has 2 N–H and O–H groups in total. The molecule has 0 radical (unpaired) electrons. The fourth-order valence-corrected chi connectivity index (χ4v) is 3.61. The monoisotopic (exact) mass is 236 g/mol. The zero-order valence-electron chi connectivity index (χ0n) is 10.7. The lowest BCUT2D eigenvalue weighted by atomic mass is 9.84. The van der Waals surface area contributed by atoms with Crippen LogP contribution >= 0.6 is 0 Å². The van der Waals surface area contributed by atoms with E-state index in [-0.39, 0.29) is 5.91 Å². The van der Waals surface area contributed by atoms with E-state index in [0.717, 1.165) is 17.8 Å². The molecule has 2 bridgehead atoms. The lowest BCUT2D eigenvalue weighted by Gasteiger charge is -2.28. The minimum Gasteiger partial charge on any atom is -0.352 e. The second-order valence-electron chi connectivity index (χ2n) is 5.61. The predicted octanol–water partition coefficient (Wildman–Crippen LogP) is 1.70. The normalized spacial score (nSPS) is 32.4. The molecule has 2 aliphatic rings. The molecule has 17 heavy (non-hydrogen) atoms. The van der Waals surface area contributed by atoms with Crippen molar-refractivity contribution in [3.05, 3.63) is 12.7 Å². The number of fused-ring (bicyclic) bond motifs is 2. The van der Waals surface area contributed by atoms with Gasteiger partial charge in [0.25, 0.3) is 0 Å². The first-order valence-electron chi connectivity index (χ1n) is 6.81. The van der Waals surface area contributed by atoms with Gasteiger partial charge in [0.1, 0.15) is 0 Å². The van der Waals surface area contributed by atoms with Crippen LogP contribution < -0.4 is 10.6 Å². The lowest BCUT2D eigenvalue weighted by molar-refractivity contribution is -0.121. The summed E-state index contributed by atoms with van der Waals surface area (Å²) in [6, 6.07) is 0.336. The molecule has 3 nitrogen and oxygen atoms in total. The number of rotatable bonds is 6. The summed E-state index contributed by atoms with van der Waals surface area (Å²) in [6.07, 6.45) is 7.30. The molecule has 3 heteroatoms. The topological polar surface area (TPSA) is 41.1 Å². The number of amides is 1. The van der Waals surface area contributed by atoms with Crippen molar-refractivity contribution in [1.29, 1.82) is 0 Å². The van der Waals surface area contributed by atoms with Crippen molar-refractivity contribution in [2.75, 3.05) is 13.1 Å². The van der Waals surface area contributed by atoms with Crippen molar-refractivity contribution in [2.45, 2.75) is 38.6 Å². The van der Waals surface area contributed by atoms with Gasteiger partial charge in [0.2, 0.25) is 5.91 Å².